The molecule has 1 aromatic carbocycles. The van der Waals surface area contributed by atoms with Crippen LogP contribution in [-0.4, -0.2) is 39.8 Å². The summed E-state index contributed by atoms with van der Waals surface area (Å²) >= 11 is 1.69. The van der Waals surface area contributed by atoms with Gasteiger partial charge in [0.2, 0.25) is 5.89 Å². The van der Waals surface area contributed by atoms with E-state index in [0.717, 1.165) is 16.2 Å². The van der Waals surface area contributed by atoms with Crippen molar-refractivity contribution in [3.63, 3.8) is 0 Å². The van der Waals surface area contributed by atoms with E-state index in [1.807, 2.05) is 29.2 Å². The number of hydrogen-bond donors (Lipinski definition) is 0. The average molecular weight is 303 g/mol. The zero-order chi connectivity index (χ0) is 14.8. The summed E-state index contributed by atoms with van der Waals surface area (Å²) < 4.78 is 5.16. The van der Waals surface area contributed by atoms with Gasteiger partial charge in [0.15, 0.2) is 5.82 Å². The van der Waals surface area contributed by atoms with Gasteiger partial charge in [-0.3, -0.25) is 4.79 Å². The van der Waals surface area contributed by atoms with Crippen LogP contribution in [0.2, 0.25) is 0 Å². The van der Waals surface area contributed by atoms with E-state index in [1.54, 1.807) is 18.7 Å². The van der Waals surface area contributed by atoms with E-state index in [-0.39, 0.29) is 11.8 Å². The van der Waals surface area contributed by atoms with Crippen molar-refractivity contribution in [2.75, 3.05) is 18.8 Å². The molecule has 1 aliphatic heterocycles. The molecule has 1 amide bonds. The molecule has 6 heteroatoms. The Hall–Kier alpha value is -1.82. The number of thioether (sulfide) groups is 1. The second-order valence-electron chi connectivity index (χ2n) is 5.02. The fourth-order valence-corrected chi connectivity index (χ4v) is 3.17. The molecule has 0 atom stereocenters. The van der Waals surface area contributed by atoms with Crippen molar-refractivity contribution in [3.8, 4) is 0 Å². The zero-order valence-electron chi connectivity index (χ0n) is 12.1. The van der Waals surface area contributed by atoms with Gasteiger partial charge in [0.1, 0.15) is 0 Å². The SMILES string of the molecule is CCSc1ccccc1C(=O)N1CC(c2nc(C)no2)C1. The molecule has 1 aliphatic rings. The molecule has 110 valence electrons. The average Bonchev–Trinajstić information content (AvgIpc) is 2.84. The number of carbonyl (C=O) groups is 1. The van der Waals surface area contributed by atoms with Crippen LogP contribution in [-0.2, 0) is 0 Å². The Labute approximate surface area is 127 Å². The zero-order valence-corrected chi connectivity index (χ0v) is 12.9. The highest BCUT2D eigenvalue weighted by molar-refractivity contribution is 7.99. The van der Waals surface area contributed by atoms with Crippen molar-refractivity contribution in [2.45, 2.75) is 24.7 Å². The van der Waals surface area contributed by atoms with Crippen LogP contribution in [0.1, 0.15) is 34.9 Å². The molecule has 2 aromatic rings. The maximum Gasteiger partial charge on any atom is 0.255 e. The fourth-order valence-electron chi connectivity index (χ4n) is 2.37. The Morgan fingerprint density at radius 2 is 2.19 bits per heavy atom. The smallest absolute Gasteiger partial charge is 0.255 e. The van der Waals surface area contributed by atoms with E-state index in [9.17, 15) is 4.79 Å². The molecule has 0 unspecified atom stereocenters. The molecule has 5 nitrogen and oxygen atoms in total. The van der Waals surface area contributed by atoms with Gasteiger partial charge >= 0.3 is 0 Å². The lowest BCUT2D eigenvalue weighted by Gasteiger charge is -2.37. The number of hydrogen-bond acceptors (Lipinski definition) is 5. The molecule has 0 aliphatic carbocycles. The van der Waals surface area contributed by atoms with E-state index in [4.69, 9.17) is 4.52 Å². The van der Waals surface area contributed by atoms with Crippen LogP contribution in [0.4, 0.5) is 0 Å². The minimum absolute atomic E-state index is 0.0824. The summed E-state index contributed by atoms with van der Waals surface area (Å²) in [6.07, 6.45) is 0. The molecule has 3 rings (SSSR count). The molecule has 0 spiro atoms. The number of benzene rings is 1. The van der Waals surface area contributed by atoms with Crippen LogP contribution in [0.25, 0.3) is 0 Å². The van der Waals surface area contributed by atoms with Crippen molar-refractivity contribution in [3.05, 3.63) is 41.5 Å². The minimum Gasteiger partial charge on any atom is -0.339 e. The van der Waals surface area contributed by atoms with E-state index >= 15 is 0 Å². The quantitative estimate of drug-likeness (QED) is 0.813. The maximum atomic E-state index is 12.6. The van der Waals surface area contributed by atoms with Gasteiger partial charge in [-0.05, 0) is 24.8 Å². The molecule has 21 heavy (non-hydrogen) atoms. The lowest BCUT2D eigenvalue weighted by molar-refractivity contribution is 0.0565. The van der Waals surface area contributed by atoms with E-state index < -0.39 is 0 Å². The first-order valence-corrected chi connectivity index (χ1v) is 7.99. The van der Waals surface area contributed by atoms with Gasteiger partial charge in [-0.1, -0.05) is 24.2 Å². The predicted octanol–water partition coefficient (Wildman–Crippen LogP) is 2.73. The number of aryl methyl sites for hydroxylation is 1. The number of likely N-dealkylation sites (tertiary alicyclic amines) is 1. The van der Waals surface area contributed by atoms with Gasteiger partial charge in [-0.15, -0.1) is 11.8 Å². The van der Waals surface area contributed by atoms with Crippen LogP contribution in [0.3, 0.4) is 0 Å². The van der Waals surface area contributed by atoms with Crippen LogP contribution in [0, 0.1) is 6.92 Å². The lowest BCUT2D eigenvalue weighted by atomic mass is 9.99. The third kappa shape index (κ3) is 2.81. The van der Waals surface area contributed by atoms with Crippen molar-refractivity contribution in [1.29, 1.82) is 0 Å². The second kappa shape index (κ2) is 5.89. The first-order chi connectivity index (χ1) is 10.2. The highest BCUT2D eigenvalue weighted by Crippen LogP contribution is 2.30. The van der Waals surface area contributed by atoms with Crippen molar-refractivity contribution in [2.24, 2.45) is 0 Å². The Balaban J connectivity index is 1.68. The number of aromatic nitrogens is 2. The largest absolute Gasteiger partial charge is 0.339 e. The van der Waals surface area contributed by atoms with Crippen molar-refractivity contribution < 1.29 is 9.32 Å². The van der Waals surface area contributed by atoms with Crippen LogP contribution < -0.4 is 0 Å². The minimum atomic E-state index is 0.0824. The van der Waals surface area contributed by atoms with Gasteiger partial charge in [0.05, 0.1) is 11.5 Å². The fraction of sp³-hybridized carbons (Fsp3) is 0.400. The van der Waals surface area contributed by atoms with Crippen LogP contribution >= 0.6 is 11.8 Å². The van der Waals surface area contributed by atoms with Gasteiger partial charge in [0, 0.05) is 18.0 Å². The summed E-state index contributed by atoms with van der Waals surface area (Å²) in [5.74, 6) is 2.47. The summed E-state index contributed by atoms with van der Waals surface area (Å²) in [5, 5.41) is 3.79. The summed E-state index contributed by atoms with van der Waals surface area (Å²) in [5.41, 5.74) is 0.782. The normalized spacial score (nSPS) is 15.0. The first-order valence-electron chi connectivity index (χ1n) is 7.00. The molecule has 0 N–H and O–H groups in total. The summed E-state index contributed by atoms with van der Waals surface area (Å²) in [4.78, 5) is 19.7. The molecule has 0 radical (unpaired) electrons. The number of rotatable bonds is 4. The number of amides is 1. The van der Waals surface area contributed by atoms with Crippen LogP contribution in [0.15, 0.2) is 33.7 Å². The second-order valence-corrected chi connectivity index (χ2v) is 6.32. The molecule has 2 heterocycles. The Morgan fingerprint density at radius 3 is 2.86 bits per heavy atom. The van der Waals surface area contributed by atoms with Gasteiger partial charge in [-0.2, -0.15) is 4.98 Å². The predicted molar refractivity (Wildman–Crippen MR) is 80.5 cm³/mol. The standard InChI is InChI=1S/C15H17N3O2S/c1-3-21-13-7-5-4-6-12(13)15(19)18-8-11(9-18)14-16-10(2)17-20-14/h4-7,11H,3,8-9H2,1-2H3. The lowest BCUT2D eigenvalue weighted by Crippen LogP contribution is -2.48. The summed E-state index contributed by atoms with van der Waals surface area (Å²) in [7, 11) is 0. The number of carbonyl (C=O) groups excluding carboxylic acids is 1. The Kier molecular flexibility index (Phi) is 3.96. The number of nitrogens with zero attached hydrogens (tertiary/aromatic N) is 3. The van der Waals surface area contributed by atoms with Gasteiger partial charge in [-0.25, -0.2) is 0 Å². The molecular weight excluding hydrogens is 286 g/mol. The monoisotopic (exact) mass is 303 g/mol. The highest BCUT2D eigenvalue weighted by Gasteiger charge is 2.36. The first kappa shape index (κ1) is 14.1. The van der Waals surface area contributed by atoms with Gasteiger partial charge in [0.25, 0.3) is 5.91 Å². The molecule has 0 bridgehead atoms. The Bertz CT molecular complexity index is 650. The van der Waals surface area contributed by atoms with Crippen LogP contribution in [0.5, 0.6) is 0 Å². The third-order valence-electron chi connectivity index (χ3n) is 3.48. The third-order valence-corrected chi connectivity index (χ3v) is 4.43. The van der Waals surface area contributed by atoms with Crippen molar-refractivity contribution in [1.82, 2.24) is 15.0 Å². The Morgan fingerprint density at radius 1 is 1.43 bits per heavy atom. The molecular formula is C15H17N3O2S. The topological polar surface area (TPSA) is 59.2 Å². The maximum absolute atomic E-state index is 12.6. The van der Waals surface area contributed by atoms with E-state index in [2.05, 4.69) is 17.1 Å². The molecule has 1 fully saturated rings. The summed E-state index contributed by atoms with van der Waals surface area (Å²) in [6.45, 7) is 5.17. The van der Waals surface area contributed by atoms with Gasteiger partial charge < -0.3 is 9.42 Å². The highest BCUT2D eigenvalue weighted by atomic mass is 32.2. The van der Waals surface area contributed by atoms with Crippen molar-refractivity contribution >= 4 is 17.7 Å². The molecule has 0 saturated carbocycles. The van der Waals surface area contributed by atoms with E-state index in [1.165, 1.54) is 0 Å². The molecule has 1 aromatic heterocycles. The summed E-state index contributed by atoms with van der Waals surface area (Å²) in [6, 6.07) is 7.77. The molecule has 1 saturated heterocycles. The van der Waals surface area contributed by atoms with E-state index in [0.29, 0.717) is 24.8 Å².